The van der Waals surface area contributed by atoms with Gasteiger partial charge in [-0.15, -0.1) is 11.3 Å². The largest absolute Gasteiger partial charge is 0.395 e. The van der Waals surface area contributed by atoms with Gasteiger partial charge in [-0.1, -0.05) is 18.8 Å². The van der Waals surface area contributed by atoms with E-state index in [9.17, 15) is 4.79 Å². The van der Waals surface area contributed by atoms with Crippen LogP contribution in [0.3, 0.4) is 0 Å². The number of nitrogens with zero attached hydrogens (tertiary/aromatic N) is 1. The average molecular weight is 292 g/mol. The van der Waals surface area contributed by atoms with Gasteiger partial charge in [-0.05, 0) is 18.6 Å². The van der Waals surface area contributed by atoms with E-state index in [4.69, 9.17) is 5.11 Å². The molecule has 1 amide bonds. The summed E-state index contributed by atoms with van der Waals surface area (Å²) >= 11 is 1.66. The van der Waals surface area contributed by atoms with Crippen molar-refractivity contribution in [1.82, 2.24) is 10.2 Å². The topological polar surface area (TPSA) is 52.6 Å². The first-order valence-electron chi connectivity index (χ1n) is 6.94. The molecule has 0 bridgehead atoms. The molecule has 1 aromatic rings. The molecule has 1 saturated heterocycles. The van der Waals surface area contributed by atoms with Crippen LogP contribution in [0, 0.1) is 11.8 Å². The number of rotatable bonds is 4. The molecule has 1 fully saturated rings. The number of carbonyl (C=O) groups is 1. The minimum atomic E-state index is -0.0187. The Morgan fingerprint density at radius 3 is 3.15 bits per heavy atom. The highest BCUT2D eigenvalue weighted by molar-refractivity contribution is 7.12. The van der Waals surface area contributed by atoms with Crippen molar-refractivity contribution in [1.29, 1.82) is 0 Å². The molecule has 2 heterocycles. The van der Waals surface area contributed by atoms with E-state index < -0.39 is 0 Å². The van der Waals surface area contributed by atoms with Crippen LogP contribution in [0.4, 0.5) is 0 Å². The first-order chi connectivity index (χ1) is 9.74. The van der Waals surface area contributed by atoms with Crippen LogP contribution in [0.1, 0.15) is 29.5 Å². The predicted molar refractivity (Wildman–Crippen MR) is 80.4 cm³/mol. The summed E-state index contributed by atoms with van der Waals surface area (Å²) in [5.41, 5.74) is 0. The maximum Gasteiger partial charge on any atom is 0.237 e. The number of thiophene rings is 1. The van der Waals surface area contributed by atoms with Gasteiger partial charge in [-0.3, -0.25) is 9.69 Å². The molecular formula is C15H20N2O2S. The van der Waals surface area contributed by atoms with Crippen molar-refractivity contribution in [3.63, 3.8) is 0 Å². The van der Waals surface area contributed by atoms with Gasteiger partial charge >= 0.3 is 0 Å². The van der Waals surface area contributed by atoms with Crippen LogP contribution in [0.2, 0.25) is 0 Å². The normalized spacial score (nSPS) is 19.3. The Morgan fingerprint density at radius 2 is 2.40 bits per heavy atom. The Balaban J connectivity index is 1.99. The number of amides is 1. The molecular weight excluding hydrogens is 272 g/mol. The molecule has 1 aliphatic rings. The fraction of sp³-hybridized carbons (Fsp3) is 0.533. The Bertz CT molecular complexity index is 515. The number of nitrogens with one attached hydrogen (secondary N) is 1. The molecule has 4 nitrogen and oxygen atoms in total. The highest BCUT2D eigenvalue weighted by atomic mass is 32.1. The molecule has 20 heavy (non-hydrogen) atoms. The SMILES string of the molecule is CCC1C(=O)NCCN1Cc1ccc(C#CCCO)s1. The number of aliphatic hydroxyl groups excluding tert-OH is 1. The van der Waals surface area contributed by atoms with Crippen LogP contribution in [0.15, 0.2) is 12.1 Å². The number of hydrogen-bond donors (Lipinski definition) is 2. The smallest absolute Gasteiger partial charge is 0.237 e. The van der Waals surface area contributed by atoms with Gasteiger partial charge in [0.25, 0.3) is 0 Å². The zero-order chi connectivity index (χ0) is 14.4. The Labute approximate surface area is 123 Å². The van der Waals surface area contributed by atoms with Crippen LogP contribution in [0.5, 0.6) is 0 Å². The van der Waals surface area contributed by atoms with E-state index in [1.54, 1.807) is 11.3 Å². The Morgan fingerprint density at radius 1 is 1.55 bits per heavy atom. The zero-order valence-corrected chi connectivity index (χ0v) is 12.5. The van der Waals surface area contributed by atoms with Crippen molar-refractivity contribution < 1.29 is 9.90 Å². The molecule has 108 valence electrons. The van der Waals surface area contributed by atoms with Crippen LogP contribution in [0.25, 0.3) is 0 Å². The third kappa shape index (κ3) is 3.83. The van der Waals surface area contributed by atoms with Gasteiger partial charge in [0, 0.05) is 30.9 Å². The van der Waals surface area contributed by atoms with Gasteiger partial charge in [-0.2, -0.15) is 0 Å². The lowest BCUT2D eigenvalue weighted by Gasteiger charge is -2.34. The maximum absolute atomic E-state index is 11.8. The molecule has 0 saturated carbocycles. The van der Waals surface area contributed by atoms with Crippen LogP contribution in [-0.2, 0) is 11.3 Å². The number of piperazine rings is 1. The van der Waals surface area contributed by atoms with Gasteiger partial charge in [0.2, 0.25) is 5.91 Å². The van der Waals surface area contributed by atoms with Crippen molar-refractivity contribution in [3.8, 4) is 11.8 Å². The van der Waals surface area contributed by atoms with Gasteiger partial charge in [-0.25, -0.2) is 0 Å². The van der Waals surface area contributed by atoms with Gasteiger partial charge in [0.05, 0.1) is 17.5 Å². The molecule has 1 aromatic heterocycles. The third-order valence-corrected chi connectivity index (χ3v) is 4.28. The molecule has 0 aliphatic carbocycles. The number of carbonyl (C=O) groups excluding carboxylic acids is 1. The summed E-state index contributed by atoms with van der Waals surface area (Å²) in [7, 11) is 0. The summed E-state index contributed by atoms with van der Waals surface area (Å²) in [6.07, 6.45) is 1.35. The first-order valence-corrected chi connectivity index (χ1v) is 7.76. The molecule has 1 aliphatic heterocycles. The van der Waals surface area contributed by atoms with E-state index in [0.717, 1.165) is 30.9 Å². The van der Waals surface area contributed by atoms with Crippen LogP contribution < -0.4 is 5.32 Å². The second-order valence-corrected chi connectivity index (χ2v) is 5.90. The van der Waals surface area contributed by atoms with E-state index in [2.05, 4.69) is 28.1 Å². The van der Waals surface area contributed by atoms with E-state index >= 15 is 0 Å². The van der Waals surface area contributed by atoms with Gasteiger partial charge < -0.3 is 10.4 Å². The molecule has 1 unspecified atom stereocenters. The second kappa shape index (κ2) is 7.44. The minimum Gasteiger partial charge on any atom is -0.395 e. The van der Waals surface area contributed by atoms with Crippen molar-refractivity contribution in [2.45, 2.75) is 32.4 Å². The molecule has 0 aromatic carbocycles. The number of hydrogen-bond acceptors (Lipinski definition) is 4. The zero-order valence-electron chi connectivity index (χ0n) is 11.7. The lowest BCUT2D eigenvalue weighted by atomic mass is 10.1. The summed E-state index contributed by atoms with van der Waals surface area (Å²) in [5, 5.41) is 11.6. The highest BCUT2D eigenvalue weighted by Gasteiger charge is 2.27. The minimum absolute atomic E-state index is 0.0187. The van der Waals surface area contributed by atoms with Crippen LogP contribution >= 0.6 is 11.3 Å². The summed E-state index contributed by atoms with van der Waals surface area (Å²) < 4.78 is 0. The quantitative estimate of drug-likeness (QED) is 0.820. The maximum atomic E-state index is 11.8. The summed E-state index contributed by atoms with van der Waals surface area (Å²) in [6, 6.07) is 4.07. The monoisotopic (exact) mass is 292 g/mol. The Kier molecular flexibility index (Phi) is 5.60. The van der Waals surface area contributed by atoms with Crippen molar-refractivity contribution >= 4 is 17.2 Å². The molecule has 0 radical (unpaired) electrons. The lowest BCUT2D eigenvalue weighted by Crippen LogP contribution is -2.54. The molecule has 2 N–H and O–H groups in total. The Hall–Kier alpha value is -1.35. The summed E-state index contributed by atoms with van der Waals surface area (Å²) in [4.78, 5) is 16.3. The molecule has 2 rings (SSSR count). The van der Waals surface area contributed by atoms with E-state index in [1.807, 2.05) is 13.0 Å². The van der Waals surface area contributed by atoms with Crippen LogP contribution in [-0.4, -0.2) is 41.7 Å². The molecule has 5 heteroatoms. The van der Waals surface area contributed by atoms with Gasteiger partial charge in [0.15, 0.2) is 0 Å². The van der Waals surface area contributed by atoms with E-state index in [-0.39, 0.29) is 18.6 Å². The summed E-state index contributed by atoms with van der Waals surface area (Å²) in [5.74, 6) is 6.11. The lowest BCUT2D eigenvalue weighted by molar-refractivity contribution is -0.129. The second-order valence-electron chi connectivity index (χ2n) is 4.73. The first kappa shape index (κ1) is 15.0. The molecule has 1 atom stereocenters. The van der Waals surface area contributed by atoms with Crippen molar-refractivity contribution in [3.05, 3.63) is 21.9 Å². The number of aliphatic hydroxyl groups is 1. The summed E-state index contributed by atoms with van der Waals surface area (Å²) in [6.45, 7) is 4.57. The van der Waals surface area contributed by atoms with Crippen molar-refractivity contribution in [2.24, 2.45) is 0 Å². The third-order valence-electron chi connectivity index (χ3n) is 3.30. The average Bonchev–Trinajstić information content (AvgIpc) is 2.87. The van der Waals surface area contributed by atoms with Crippen molar-refractivity contribution in [2.75, 3.05) is 19.7 Å². The fourth-order valence-corrected chi connectivity index (χ4v) is 3.24. The fourth-order valence-electron chi connectivity index (χ4n) is 2.33. The van der Waals surface area contributed by atoms with Gasteiger partial charge in [0.1, 0.15) is 0 Å². The van der Waals surface area contributed by atoms with E-state index in [1.165, 1.54) is 4.88 Å². The highest BCUT2D eigenvalue weighted by Crippen LogP contribution is 2.20. The standard InChI is InChI=1S/C15H20N2O2S/c1-2-14-15(19)16-8-9-17(14)11-13-7-6-12(20-13)5-3-4-10-18/h6-7,14,18H,2,4,8-11H2,1H3,(H,16,19). The van der Waals surface area contributed by atoms with E-state index in [0.29, 0.717) is 6.42 Å². The molecule has 0 spiro atoms. The predicted octanol–water partition coefficient (Wildman–Crippen LogP) is 1.19.